The van der Waals surface area contributed by atoms with E-state index in [2.05, 4.69) is 175 Å². The number of benzene rings is 9. The van der Waals surface area contributed by atoms with Crippen molar-refractivity contribution in [1.82, 2.24) is 9.97 Å². The minimum Gasteiger partial charge on any atom is -0.455 e. The molecule has 3 nitrogen and oxygen atoms in total. The van der Waals surface area contributed by atoms with Gasteiger partial charge in [-0.2, -0.15) is 0 Å². The number of furan rings is 1. The summed E-state index contributed by atoms with van der Waals surface area (Å²) in [6.45, 7) is 0. The Morgan fingerprint density at radius 2 is 0.927 bits per heavy atom. The number of aromatic nitrogens is 2. The van der Waals surface area contributed by atoms with Crippen LogP contribution in [0.5, 0.6) is 0 Å². The third kappa shape index (κ3) is 4.50. The van der Waals surface area contributed by atoms with E-state index in [1.807, 2.05) is 12.3 Å². The van der Waals surface area contributed by atoms with E-state index in [1.165, 1.54) is 32.3 Å². The minimum atomic E-state index is 0.902. The van der Waals surface area contributed by atoms with Crippen LogP contribution in [0.1, 0.15) is 0 Å². The molecule has 12 aromatic rings. The van der Waals surface area contributed by atoms with Crippen LogP contribution in [0.25, 0.3) is 120 Å². The summed E-state index contributed by atoms with van der Waals surface area (Å²) in [5.74, 6) is 0. The predicted octanol–water partition coefficient (Wildman–Crippen LogP) is 14.3. The van der Waals surface area contributed by atoms with Crippen LogP contribution in [-0.2, 0) is 0 Å². The number of fused-ring (bicyclic) bond motifs is 14. The Kier molecular flexibility index (Phi) is 6.34. The molecular formula is C52H30N2O. The summed E-state index contributed by atoms with van der Waals surface area (Å²) in [6, 6.07) is 63.1. The van der Waals surface area contributed by atoms with Crippen LogP contribution in [-0.4, -0.2) is 9.97 Å². The van der Waals surface area contributed by atoms with E-state index in [0.717, 1.165) is 88.0 Å². The molecule has 0 atom stereocenters. The average molecular weight is 699 g/mol. The van der Waals surface area contributed by atoms with Crippen molar-refractivity contribution in [3.8, 4) is 33.5 Å². The Morgan fingerprint density at radius 1 is 0.327 bits per heavy atom. The molecule has 0 amide bonds. The van der Waals surface area contributed by atoms with Gasteiger partial charge in [0.2, 0.25) is 0 Å². The maximum Gasteiger partial charge on any atom is 0.143 e. The van der Waals surface area contributed by atoms with Crippen LogP contribution in [0.4, 0.5) is 0 Å². The van der Waals surface area contributed by atoms with Crippen LogP contribution in [0.2, 0.25) is 0 Å². The van der Waals surface area contributed by atoms with Gasteiger partial charge in [-0.15, -0.1) is 0 Å². The largest absolute Gasteiger partial charge is 0.455 e. The molecule has 0 aliphatic rings. The van der Waals surface area contributed by atoms with Crippen LogP contribution < -0.4 is 0 Å². The Labute approximate surface area is 315 Å². The van der Waals surface area contributed by atoms with Gasteiger partial charge in [-0.1, -0.05) is 146 Å². The zero-order valence-corrected chi connectivity index (χ0v) is 29.6. The third-order valence-corrected chi connectivity index (χ3v) is 11.5. The Morgan fingerprint density at radius 3 is 1.73 bits per heavy atom. The van der Waals surface area contributed by atoms with Gasteiger partial charge >= 0.3 is 0 Å². The molecule has 0 spiro atoms. The highest BCUT2D eigenvalue weighted by Gasteiger charge is 2.19. The number of pyridine rings is 2. The molecule has 0 aliphatic carbocycles. The summed E-state index contributed by atoms with van der Waals surface area (Å²) in [6.07, 6.45) is 1.84. The molecule has 3 heteroatoms. The molecule has 55 heavy (non-hydrogen) atoms. The predicted molar refractivity (Wildman–Crippen MR) is 231 cm³/mol. The van der Waals surface area contributed by atoms with Gasteiger partial charge in [-0.25, -0.2) is 4.98 Å². The summed E-state index contributed by atoms with van der Waals surface area (Å²) < 4.78 is 6.97. The van der Waals surface area contributed by atoms with Gasteiger partial charge in [0, 0.05) is 44.3 Å². The number of hydrogen-bond acceptors (Lipinski definition) is 3. The number of rotatable bonds is 3. The molecular weight excluding hydrogens is 669 g/mol. The molecule has 12 rings (SSSR count). The Balaban J connectivity index is 1.05. The van der Waals surface area contributed by atoms with Crippen LogP contribution >= 0.6 is 0 Å². The van der Waals surface area contributed by atoms with Gasteiger partial charge < -0.3 is 4.42 Å². The van der Waals surface area contributed by atoms with E-state index in [1.54, 1.807) is 0 Å². The fraction of sp³-hybridized carbons (Fsp3) is 0. The van der Waals surface area contributed by atoms with Gasteiger partial charge in [-0.05, 0) is 84.7 Å². The minimum absolute atomic E-state index is 0.902. The highest BCUT2D eigenvalue weighted by Crippen LogP contribution is 2.44. The van der Waals surface area contributed by atoms with E-state index in [9.17, 15) is 0 Å². The van der Waals surface area contributed by atoms with Crippen molar-refractivity contribution >= 4 is 86.8 Å². The van der Waals surface area contributed by atoms with E-state index in [0.29, 0.717) is 0 Å². The Hall–Kier alpha value is -7.36. The summed E-state index contributed by atoms with van der Waals surface area (Å²) in [4.78, 5) is 9.85. The molecule has 254 valence electrons. The number of nitrogens with zero attached hydrogens (tertiary/aromatic N) is 2. The second-order valence-electron chi connectivity index (χ2n) is 14.5. The van der Waals surface area contributed by atoms with Gasteiger partial charge in [0.05, 0.1) is 16.7 Å². The highest BCUT2D eigenvalue weighted by molar-refractivity contribution is 6.26. The van der Waals surface area contributed by atoms with Crippen LogP contribution in [0.15, 0.2) is 187 Å². The summed E-state index contributed by atoms with van der Waals surface area (Å²) in [5.41, 5.74) is 10.2. The molecule has 0 saturated carbocycles. The van der Waals surface area contributed by atoms with Crippen LogP contribution in [0.3, 0.4) is 0 Å². The lowest BCUT2D eigenvalue weighted by Gasteiger charge is -2.12. The fourth-order valence-electron chi connectivity index (χ4n) is 8.89. The lowest BCUT2D eigenvalue weighted by atomic mass is 9.91. The van der Waals surface area contributed by atoms with Crippen molar-refractivity contribution in [1.29, 1.82) is 0 Å². The molecule has 0 N–H and O–H groups in total. The summed E-state index contributed by atoms with van der Waals surface area (Å²) in [5, 5.41) is 14.2. The Bertz CT molecular complexity index is 3520. The first kappa shape index (κ1) is 30.1. The van der Waals surface area contributed by atoms with Crippen molar-refractivity contribution in [3.05, 3.63) is 182 Å². The van der Waals surface area contributed by atoms with E-state index in [4.69, 9.17) is 9.40 Å². The van der Waals surface area contributed by atoms with E-state index < -0.39 is 0 Å². The van der Waals surface area contributed by atoms with Crippen molar-refractivity contribution in [2.75, 3.05) is 0 Å². The van der Waals surface area contributed by atoms with Crippen molar-refractivity contribution in [3.63, 3.8) is 0 Å². The van der Waals surface area contributed by atoms with Gasteiger partial charge in [0.1, 0.15) is 11.2 Å². The van der Waals surface area contributed by atoms with Gasteiger partial charge in [-0.3, -0.25) is 4.98 Å². The quantitative estimate of drug-likeness (QED) is 0.172. The average Bonchev–Trinajstić information content (AvgIpc) is 3.65. The summed E-state index contributed by atoms with van der Waals surface area (Å²) in [7, 11) is 0. The monoisotopic (exact) mass is 698 g/mol. The number of hydrogen-bond donors (Lipinski definition) is 0. The lowest BCUT2D eigenvalue weighted by molar-refractivity contribution is 0.674. The van der Waals surface area contributed by atoms with Crippen LogP contribution in [0, 0.1) is 0 Å². The molecule has 0 radical (unpaired) electrons. The molecule has 0 aliphatic heterocycles. The number of para-hydroxylation sites is 1. The molecule has 0 fully saturated rings. The molecule has 3 aromatic heterocycles. The second-order valence-corrected chi connectivity index (χ2v) is 14.5. The van der Waals surface area contributed by atoms with Crippen molar-refractivity contribution in [2.24, 2.45) is 0 Å². The smallest absolute Gasteiger partial charge is 0.143 e. The first-order valence-corrected chi connectivity index (χ1v) is 18.7. The first-order valence-electron chi connectivity index (χ1n) is 18.7. The first-order chi connectivity index (χ1) is 27.3. The normalized spacial score (nSPS) is 12.0. The molecule has 3 heterocycles. The molecule has 0 unspecified atom stereocenters. The SMILES string of the molecule is c1cc(-c2ccc3ccc4cccnc4c3n2)cc(-c2cc3c4cccc(-c5ccc6c7ccccc7c7ccccc7c6c5)c4oc3c3ccccc23)c1. The van der Waals surface area contributed by atoms with Gasteiger partial charge in [0.15, 0.2) is 0 Å². The maximum absolute atomic E-state index is 6.97. The topological polar surface area (TPSA) is 38.9 Å². The zero-order valence-electron chi connectivity index (χ0n) is 29.6. The third-order valence-electron chi connectivity index (χ3n) is 11.5. The van der Waals surface area contributed by atoms with E-state index >= 15 is 0 Å². The lowest BCUT2D eigenvalue weighted by Crippen LogP contribution is -1.89. The fourth-order valence-corrected chi connectivity index (χ4v) is 8.89. The van der Waals surface area contributed by atoms with Gasteiger partial charge in [0.25, 0.3) is 0 Å². The zero-order chi connectivity index (χ0) is 36.0. The van der Waals surface area contributed by atoms with Crippen molar-refractivity contribution < 1.29 is 4.42 Å². The standard InChI is InChI=1S/C52H30N2O/c1-2-15-39-37(13-1)38-14-3-4-16-40(38)46-29-34(23-25-42(39)46)36-19-8-20-44-47-30-45(41-17-5-6-18-43(41)52(47)55-51(36)44)33-10-7-11-35(28-33)48-26-24-32-22-21-31-12-9-27-53-49(31)50(32)54-48/h1-30H. The van der Waals surface area contributed by atoms with Crippen molar-refractivity contribution in [2.45, 2.75) is 0 Å². The molecule has 0 bridgehead atoms. The second kappa shape index (κ2) is 11.6. The highest BCUT2D eigenvalue weighted by atomic mass is 16.3. The molecule has 9 aromatic carbocycles. The van der Waals surface area contributed by atoms with E-state index in [-0.39, 0.29) is 0 Å². The summed E-state index contributed by atoms with van der Waals surface area (Å²) >= 11 is 0. The maximum atomic E-state index is 6.97. The molecule has 0 saturated heterocycles.